The van der Waals surface area contributed by atoms with Crippen LogP contribution in [0.25, 0.3) is 0 Å². The third-order valence-electron chi connectivity index (χ3n) is 5.53. The van der Waals surface area contributed by atoms with E-state index in [-0.39, 0.29) is 5.97 Å². The van der Waals surface area contributed by atoms with E-state index in [1.54, 1.807) is 12.4 Å². The number of nitrogens with zero attached hydrogens (tertiary/aromatic N) is 1. The molecule has 0 saturated carbocycles. The van der Waals surface area contributed by atoms with Crippen molar-refractivity contribution in [2.24, 2.45) is 5.92 Å². The van der Waals surface area contributed by atoms with Crippen molar-refractivity contribution in [3.05, 3.63) is 30.1 Å². The summed E-state index contributed by atoms with van der Waals surface area (Å²) < 4.78 is 5.28. The Hall–Kier alpha value is -1.38. The molecule has 0 radical (unpaired) electrons. The molecule has 29 heavy (non-hydrogen) atoms. The molecule has 0 aliphatic rings. The highest BCUT2D eigenvalue weighted by Gasteiger charge is 2.03. The van der Waals surface area contributed by atoms with Crippen molar-refractivity contribution in [1.82, 2.24) is 4.98 Å². The maximum atomic E-state index is 11.7. The molecule has 1 aromatic heterocycles. The number of pyridine rings is 1. The van der Waals surface area contributed by atoms with E-state index in [1.165, 1.54) is 83.5 Å². The van der Waals surface area contributed by atoms with Gasteiger partial charge in [-0.2, -0.15) is 0 Å². The molecular weight excluding hydrogens is 358 g/mol. The molecule has 0 spiro atoms. The van der Waals surface area contributed by atoms with Crippen molar-refractivity contribution in [2.75, 3.05) is 0 Å². The monoisotopic (exact) mass is 403 g/mol. The Morgan fingerprint density at radius 2 is 1.34 bits per heavy atom. The van der Waals surface area contributed by atoms with Crippen molar-refractivity contribution in [2.45, 2.75) is 123 Å². The average molecular weight is 404 g/mol. The molecule has 0 aliphatic heterocycles. The van der Waals surface area contributed by atoms with E-state index in [0.29, 0.717) is 13.0 Å². The fourth-order valence-corrected chi connectivity index (χ4v) is 3.66. The minimum atomic E-state index is -0.0891. The predicted molar refractivity (Wildman–Crippen MR) is 123 cm³/mol. The molecule has 0 fully saturated rings. The van der Waals surface area contributed by atoms with Gasteiger partial charge in [0.2, 0.25) is 0 Å². The summed E-state index contributed by atoms with van der Waals surface area (Å²) in [6.45, 7) is 4.98. The predicted octanol–water partition coefficient (Wildman–Crippen LogP) is 8.02. The molecule has 0 bridgehead atoms. The number of esters is 1. The zero-order valence-electron chi connectivity index (χ0n) is 19.2. The lowest BCUT2D eigenvalue weighted by atomic mass is 10.0. The number of carbonyl (C=O) groups is 1. The molecule has 3 heteroatoms. The van der Waals surface area contributed by atoms with Crippen LogP contribution in [-0.2, 0) is 16.1 Å². The third-order valence-corrected chi connectivity index (χ3v) is 5.53. The number of hydrogen-bond acceptors (Lipinski definition) is 3. The van der Waals surface area contributed by atoms with Crippen molar-refractivity contribution in [3.8, 4) is 0 Å². The molecule has 1 aromatic rings. The second-order valence-corrected chi connectivity index (χ2v) is 8.90. The first-order valence-corrected chi connectivity index (χ1v) is 12.2. The second-order valence-electron chi connectivity index (χ2n) is 8.90. The molecule has 166 valence electrons. The summed E-state index contributed by atoms with van der Waals surface area (Å²) in [5.41, 5.74) is 0.947. The third kappa shape index (κ3) is 17.2. The van der Waals surface area contributed by atoms with Crippen LogP contribution >= 0.6 is 0 Å². The van der Waals surface area contributed by atoms with E-state index < -0.39 is 0 Å². The van der Waals surface area contributed by atoms with E-state index in [0.717, 1.165) is 24.3 Å². The van der Waals surface area contributed by atoms with Crippen LogP contribution in [0.5, 0.6) is 0 Å². The summed E-state index contributed by atoms with van der Waals surface area (Å²) in [5.74, 6) is 0.781. The van der Waals surface area contributed by atoms with E-state index in [1.807, 2.05) is 12.1 Å². The number of rotatable bonds is 19. The number of carbonyl (C=O) groups excluding carboxylic acids is 1. The molecule has 0 atom stereocenters. The van der Waals surface area contributed by atoms with E-state index in [2.05, 4.69) is 18.8 Å². The number of aromatic nitrogens is 1. The van der Waals surface area contributed by atoms with Gasteiger partial charge in [0.15, 0.2) is 0 Å². The first-order valence-electron chi connectivity index (χ1n) is 12.2. The van der Waals surface area contributed by atoms with Crippen molar-refractivity contribution in [3.63, 3.8) is 0 Å². The SMILES string of the molecule is CC(C)CCCCCCCCCCCCCCCCC(=O)OCc1cccnc1. The maximum absolute atomic E-state index is 11.7. The number of unbranched alkanes of at least 4 members (excludes halogenated alkanes) is 13. The minimum absolute atomic E-state index is 0.0891. The fraction of sp³-hybridized carbons (Fsp3) is 0.769. The van der Waals surface area contributed by atoms with Crippen LogP contribution in [0.3, 0.4) is 0 Å². The van der Waals surface area contributed by atoms with Crippen LogP contribution in [-0.4, -0.2) is 11.0 Å². The molecule has 1 rings (SSSR count). The van der Waals surface area contributed by atoms with E-state index in [4.69, 9.17) is 4.74 Å². The van der Waals surface area contributed by atoms with Gasteiger partial charge in [-0.25, -0.2) is 0 Å². The van der Waals surface area contributed by atoms with Crippen LogP contribution in [0.2, 0.25) is 0 Å². The first-order chi connectivity index (χ1) is 14.2. The topological polar surface area (TPSA) is 39.2 Å². The van der Waals surface area contributed by atoms with Crippen LogP contribution in [0.4, 0.5) is 0 Å². The standard InChI is InChI=1S/C26H45NO2/c1-24(2)18-15-13-11-9-7-5-3-4-6-8-10-12-14-16-20-26(28)29-23-25-19-17-21-27-22-25/h17,19,21-22,24H,3-16,18,20,23H2,1-2H3. The second kappa shape index (κ2) is 18.6. The highest BCUT2D eigenvalue weighted by Crippen LogP contribution is 2.15. The van der Waals surface area contributed by atoms with Crippen molar-refractivity contribution < 1.29 is 9.53 Å². The van der Waals surface area contributed by atoms with E-state index >= 15 is 0 Å². The van der Waals surface area contributed by atoms with Crippen LogP contribution in [0.15, 0.2) is 24.5 Å². The Morgan fingerprint density at radius 3 is 1.83 bits per heavy atom. The highest BCUT2D eigenvalue weighted by atomic mass is 16.5. The van der Waals surface area contributed by atoms with Crippen molar-refractivity contribution in [1.29, 1.82) is 0 Å². The first kappa shape index (κ1) is 25.7. The molecular formula is C26H45NO2. The van der Waals surface area contributed by atoms with Gasteiger partial charge in [-0.05, 0) is 18.4 Å². The van der Waals surface area contributed by atoms with Gasteiger partial charge in [0.25, 0.3) is 0 Å². The zero-order valence-corrected chi connectivity index (χ0v) is 19.2. The molecule has 0 aromatic carbocycles. The smallest absolute Gasteiger partial charge is 0.306 e. The number of hydrogen-bond donors (Lipinski definition) is 0. The Balaban J connectivity index is 1.75. The Morgan fingerprint density at radius 1 is 0.828 bits per heavy atom. The quantitative estimate of drug-likeness (QED) is 0.173. The van der Waals surface area contributed by atoms with Gasteiger partial charge in [0.05, 0.1) is 0 Å². The summed E-state index contributed by atoms with van der Waals surface area (Å²) in [5, 5.41) is 0. The van der Waals surface area contributed by atoms with Gasteiger partial charge in [-0.3, -0.25) is 9.78 Å². The molecule has 0 saturated heterocycles. The van der Waals surface area contributed by atoms with Gasteiger partial charge in [-0.1, -0.05) is 110 Å². The van der Waals surface area contributed by atoms with Crippen LogP contribution in [0.1, 0.15) is 122 Å². The lowest BCUT2D eigenvalue weighted by Gasteiger charge is -2.05. The Kier molecular flexibility index (Phi) is 16.5. The molecule has 0 N–H and O–H groups in total. The number of ether oxygens (including phenoxy) is 1. The Bertz CT molecular complexity index is 487. The van der Waals surface area contributed by atoms with Gasteiger partial charge < -0.3 is 4.74 Å². The molecule has 3 nitrogen and oxygen atoms in total. The summed E-state index contributed by atoms with van der Waals surface area (Å²) >= 11 is 0. The molecule has 0 aliphatic carbocycles. The summed E-state index contributed by atoms with van der Waals surface area (Å²) in [4.78, 5) is 15.8. The largest absolute Gasteiger partial charge is 0.461 e. The van der Waals surface area contributed by atoms with Gasteiger partial charge in [-0.15, -0.1) is 0 Å². The summed E-state index contributed by atoms with van der Waals surface area (Å²) in [6.07, 6.45) is 24.1. The van der Waals surface area contributed by atoms with Gasteiger partial charge in [0, 0.05) is 24.4 Å². The van der Waals surface area contributed by atoms with Gasteiger partial charge in [0.1, 0.15) is 6.61 Å². The zero-order chi connectivity index (χ0) is 21.0. The fourth-order valence-electron chi connectivity index (χ4n) is 3.66. The lowest BCUT2D eigenvalue weighted by Crippen LogP contribution is -2.04. The lowest BCUT2D eigenvalue weighted by molar-refractivity contribution is -0.145. The van der Waals surface area contributed by atoms with Crippen LogP contribution < -0.4 is 0 Å². The average Bonchev–Trinajstić information content (AvgIpc) is 2.72. The minimum Gasteiger partial charge on any atom is -0.461 e. The molecule has 0 unspecified atom stereocenters. The summed E-state index contributed by atoms with van der Waals surface area (Å²) in [7, 11) is 0. The van der Waals surface area contributed by atoms with Crippen molar-refractivity contribution >= 4 is 5.97 Å². The normalized spacial score (nSPS) is 11.1. The Labute approximate surface area is 180 Å². The van der Waals surface area contributed by atoms with E-state index in [9.17, 15) is 4.79 Å². The molecule has 1 heterocycles. The van der Waals surface area contributed by atoms with Gasteiger partial charge >= 0.3 is 5.97 Å². The maximum Gasteiger partial charge on any atom is 0.306 e. The van der Waals surface area contributed by atoms with Crippen LogP contribution in [0, 0.1) is 5.92 Å². The highest BCUT2D eigenvalue weighted by molar-refractivity contribution is 5.69. The molecule has 0 amide bonds. The summed E-state index contributed by atoms with van der Waals surface area (Å²) in [6, 6.07) is 3.79.